The zero-order chi connectivity index (χ0) is 15.4. The monoisotopic (exact) mass is 318 g/mol. The molecule has 0 amide bonds. The molecule has 0 aliphatic carbocycles. The number of rotatable bonds is 3. The molecule has 0 heterocycles. The van der Waals surface area contributed by atoms with Crippen LogP contribution >= 0.6 is 23.8 Å². The molecule has 1 atom stereocenters. The largest absolute Gasteiger partial charge is 0.356 e. The summed E-state index contributed by atoms with van der Waals surface area (Å²) in [6.45, 7) is 6.32. The van der Waals surface area contributed by atoms with Crippen molar-refractivity contribution in [3.05, 3.63) is 64.2 Å². The molecule has 2 N–H and O–H groups in total. The van der Waals surface area contributed by atoms with Gasteiger partial charge in [0.15, 0.2) is 5.11 Å². The first-order chi connectivity index (χ1) is 9.95. The van der Waals surface area contributed by atoms with Gasteiger partial charge in [-0.15, -0.1) is 0 Å². The molecular weight excluding hydrogens is 300 g/mol. The Hall–Kier alpha value is -1.58. The minimum Gasteiger partial charge on any atom is -0.356 e. The van der Waals surface area contributed by atoms with Crippen LogP contribution in [0.4, 0.5) is 5.69 Å². The third-order valence-electron chi connectivity index (χ3n) is 3.34. The second-order valence-electron chi connectivity index (χ2n) is 5.19. The fourth-order valence-electron chi connectivity index (χ4n) is 2.29. The average molecular weight is 319 g/mol. The van der Waals surface area contributed by atoms with Gasteiger partial charge in [0.25, 0.3) is 0 Å². The second kappa shape index (κ2) is 6.92. The van der Waals surface area contributed by atoms with E-state index in [1.807, 2.05) is 24.3 Å². The summed E-state index contributed by atoms with van der Waals surface area (Å²) < 4.78 is 0. The van der Waals surface area contributed by atoms with E-state index in [4.69, 9.17) is 23.8 Å². The second-order valence-corrected chi connectivity index (χ2v) is 6.03. The van der Waals surface area contributed by atoms with Gasteiger partial charge in [0.2, 0.25) is 0 Å². The van der Waals surface area contributed by atoms with Gasteiger partial charge in [0, 0.05) is 10.7 Å². The van der Waals surface area contributed by atoms with Gasteiger partial charge >= 0.3 is 0 Å². The molecule has 2 aromatic rings. The maximum absolute atomic E-state index is 5.87. The van der Waals surface area contributed by atoms with Crippen molar-refractivity contribution >= 4 is 34.6 Å². The van der Waals surface area contributed by atoms with Crippen LogP contribution in [0.1, 0.15) is 29.7 Å². The molecule has 2 nitrogen and oxygen atoms in total. The SMILES string of the molecule is Cc1ccc([C@H](C)NC(=S)Nc2ccc(Cl)cc2)c(C)c1. The quantitative estimate of drug-likeness (QED) is 0.778. The molecule has 0 aliphatic rings. The number of anilines is 1. The number of nitrogens with one attached hydrogen (secondary N) is 2. The van der Waals surface area contributed by atoms with Crippen LogP contribution in [0, 0.1) is 13.8 Å². The highest BCUT2D eigenvalue weighted by molar-refractivity contribution is 7.80. The lowest BCUT2D eigenvalue weighted by molar-refractivity contribution is 0.717. The van der Waals surface area contributed by atoms with Gasteiger partial charge in [-0.25, -0.2) is 0 Å². The van der Waals surface area contributed by atoms with Crippen molar-refractivity contribution in [3.8, 4) is 0 Å². The summed E-state index contributed by atoms with van der Waals surface area (Å²) in [5.41, 5.74) is 4.71. The molecule has 0 saturated heterocycles. The molecule has 2 rings (SSSR count). The van der Waals surface area contributed by atoms with Crippen molar-refractivity contribution in [1.82, 2.24) is 5.32 Å². The summed E-state index contributed by atoms with van der Waals surface area (Å²) >= 11 is 11.2. The van der Waals surface area contributed by atoms with Crippen LogP contribution in [-0.4, -0.2) is 5.11 Å². The van der Waals surface area contributed by atoms with Gasteiger partial charge in [-0.2, -0.15) is 0 Å². The molecule has 0 aromatic heterocycles. The van der Waals surface area contributed by atoms with E-state index in [0.29, 0.717) is 10.1 Å². The first kappa shape index (κ1) is 15.8. The van der Waals surface area contributed by atoms with Crippen LogP contribution in [0.2, 0.25) is 5.02 Å². The Bertz CT molecular complexity index is 638. The van der Waals surface area contributed by atoms with E-state index in [2.05, 4.69) is 49.6 Å². The van der Waals surface area contributed by atoms with Crippen molar-refractivity contribution in [2.24, 2.45) is 0 Å². The van der Waals surface area contributed by atoms with E-state index in [-0.39, 0.29) is 6.04 Å². The number of hydrogen-bond donors (Lipinski definition) is 2. The fraction of sp³-hybridized carbons (Fsp3) is 0.235. The highest BCUT2D eigenvalue weighted by Gasteiger charge is 2.09. The first-order valence-corrected chi connectivity index (χ1v) is 7.64. The lowest BCUT2D eigenvalue weighted by Gasteiger charge is -2.19. The van der Waals surface area contributed by atoms with Crippen LogP contribution in [0.5, 0.6) is 0 Å². The third kappa shape index (κ3) is 4.45. The normalized spacial score (nSPS) is 11.8. The Balaban J connectivity index is 2.00. The molecule has 0 fully saturated rings. The maximum Gasteiger partial charge on any atom is 0.171 e. The zero-order valence-electron chi connectivity index (χ0n) is 12.4. The predicted octanol–water partition coefficient (Wildman–Crippen LogP) is 5.00. The topological polar surface area (TPSA) is 24.1 Å². The van der Waals surface area contributed by atoms with E-state index in [1.54, 1.807) is 0 Å². The average Bonchev–Trinajstić information content (AvgIpc) is 2.41. The van der Waals surface area contributed by atoms with Crippen molar-refractivity contribution in [1.29, 1.82) is 0 Å². The molecule has 0 saturated carbocycles. The molecule has 0 radical (unpaired) electrons. The number of hydrogen-bond acceptors (Lipinski definition) is 1. The summed E-state index contributed by atoms with van der Waals surface area (Å²) in [7, 11) is 0. The molecule has 0 bridgehead atoms. The van der Waals surface area contributed by atoms with Gasteiger partial charge in [-0.05, 0) is 68.4 Å². The smallest absolute Gasteiger partial charge is 0.171 e. The molecule has 0 unspecified atom stereocenters. The van der Waals surface area contributed by atoms with Gasteiger partial charge in [-0.3, -0.25) is 0 Å². The highest BCUT2D eigenvalue weighted by Crippen LogP contribution is 2.19. The Morgan fingerprint density at radius 1 is 1.10 bits per heavy atom. The molecule has 4 heteroatoms. The Morgan fingerprint density at radius 3 is 2.38 bits per heavy atom. The van der Waals surface area contributed by atoms with Crippen LogP contribution in [0.3, 0.4) is 0 Å². The lowest BCUT2D eigenvalue weighted by atomic mass is 10.0. The number of benzene rings is 2. The number of halogens is 1. The van der Waals surface area contributed by atoms with Crippen molar-refractivity contribution < 1.29 is 0 Å². The fourth-order valence-corrected chi connectivity index (χ4v) is 2.71. The van der Waals surface area contributed by atoms with Crippen molar-refractivity contribution in [2.45, 2.75) is 26.8 Å². The van der Waals surface area contributed by atoms with Crippen LogP contribution in [0.15, 0.2) is 42.5 Å². The molecule has 0 spiro atoms. The van der Waals surface area contributed by atoms with E-state index >= 15 is 0 Å². The van der Waals surface area contributed by atoms with Gasteiger partial charge < -0.3 is 10.6 Å². The van der Waals surface area contributed by atoms with Crippen molar-refractivity contribution in [3.63, 3.8) is 0 Å². The van der Waals surface area contributed by atoms with E-state index in [0.717, 1.165) is 5.69 Å². The summed E-state index contributed by atoms with van der Waals surface area (Å²) in [5.74, 6) is 0. The zero-order valence-corrected chi connectivity index (χ0v) is 14.0. The molecule has 21 heavy (non-hydrogen) atoms. The molecule has 2 aromatic carbocycles. The Morgan fingerprint density at radius 2 is 1.76 bits per heavy atom. The van der Waals surface area contributed by atoms with Gasteiger partial charge in [0.1, 0.15) is 0 Å². The molecule has 110 valence electrons. The van der Waals surface area contributed by atoms with Crippen LogP contribution in [-0.2, 0) is 0 Å². The summed E-state index contributed by atoms with van der Waals surface area (Å²) in [6, 6.07) is 14.1. The summed E-state index contributed by atoms with van der Waals surface area (Å²) in [5, 5.41) is 7.78. The van der Waals surface area contributed by atoms with Gasteiger partial charge in [0.05, 0.1) is 6.04 Å². The standard InChI is InChI=1S/C17H19ClN2S/c1-11-4-9-16(12(2)10-11)13(3)19-17(21)20-15-7-5-14(18)6-8-15/h4-10,13H,1-3H3,(H2,19,20,21)/t13-/m0/s1. The van der Waals surface area contributed by atoms with Gasteiger partial charge in [-0.1, -0.05) is 35.4 Å². The molecule has 0 aliphatic heterocycles. The Labute approximate surface area is 136 Å². The van der Waals surface area contributed by atoms with Crippen LogP contribution in [0.25, 0.3) is 0 Å². The minimum atomic E-state index is 0.151. The minimum absolute atomic E-state index is 0.151. The maximum atomic E-state index is 5.87. The van der Waals surface area contributed by atoms with E-state index in [1.165, 1.54) is 16.7 Å². The first-order valence-electron chi connectivity index (χ1n) is 6.86. The number of aryl methyl sites for hydroxylation is 2. The number of thiocarbonyl (C=S) groups is 1. The lowest BCUT2D eigenvalue weighted by Crippen LogP contribution is -2.31. The molecular formula is C17H19ClN2S. The predicted molar refractivity (Wildman–Crippen MR) is 95.1 cm³/mol. The Kier molecular flexibility index (Phi) is 5.21. The van der Waals surface area contributed by atoms with Crippen LogP contribution < -0.4 is 10.6 Å². The third-order valence-corrected chi connectivity index (χ3v) is 3.81. The summed E-state index contributed by atoms with van der Waals surface area (Å²) in [4.78, 5) is 0. The van der Waals surface area contributed by atoms with E-state index in [9.17, 15) is 0 Å². The highest BCUT2D eigenvalue weighted by atomic mass is 35.5. The van der Waals surface area contributed by atoms with E-state index < -0.39 is 0 Å². The summed E-state index contributed by atoms with van der Waals surface area (Å²) in [6.07, 6.45) is 0. The van der Waals surface area contributed by atoms with Crippen molar-refractivity contribution in [2.75, 3.05) is 5.32 Å².